The van der Waals surface area contributed by atoms with E-state index in [1.807, 2.05) is 24.3 Å². The van der Waals surface area contributed by atoms with Crippen LogP contribution in [0.1, 0.15) is 103 Å². The lowest BCUT2D eigenvalue weighted by Crippen LogP contribution is -2.10. The zero-order chi connectivity index (χ0) is 21.2. The molecular weight excluding hydrogens is 364 g/mol. The lowest BCUT2D eigenvalue weighted by Gasteiger charge is -2.09. The number of hydrogen-bond acceptors (Lipinski definition) is 4. The molecule has 0 aliphatic heterocycles. The van der Waals surface area contributed by atoms with Crippen molar-refractivity contribution in [1.82, 2.24) is 0 Å². The van der Waals surface area contributed by atoms with Crippen molar-refractivity contribution in [2.45, 2.75) is 104 Å². The van der Waals surface area contributed by atoms with Crippen LogP contribution in [-0.2, 0) is 20.7 Å². The molecule has 0 bridgehead atoms. The van der Waals surface area contributed by atoms with Crippen molar-refractivity contribution < 1.29 is 19.1 Å². The molecule has 0 saturated carbocycles. The predicted molar refractivity (Wildman–Crippen MR) is 118 cm³/mol. The van der Waals surface area contributed by atoms with Crippen LogP contribution in [0.4, 0.5) is 0 Å². The molecule has 0 fully saturated rings. The van der Waals surface area contributed by atoms with Crippen molar-refractivity contribution >= 4 is 11.9 Å². The monoisotopic (exact) mass is 404 g/mol. The Labute approximate surface area is 177 Å². The van der Waals surface area contributed by atoms with Gasteiger partial charge in [-0.1, -0.05) is 83.4 Å². The van der Waals surface area contributed by atoms with E-state index >= 15 is 0 Å². The molecule has 0 aliphatic rings. The quantitative estimate of drug-likeness (QED) is 0.163. The summed E-state index contributed by atoms with van der Waals surface area (Å²) < 4.78 is 10.8. The van der Waals surface area contributed by atoms with E-state index in [9.17, 15) is 9.59 Å². The van der Waals surface area contributed by atoms with Gasteiger partial charge in [0, 0.05) is 12.8 Å². The highest BCUT2D eigenvalue weighted by Crippen LogP contribution is 2.20. The van der Waals surface area contributed by atoms with Gasteiger partial charge in [0.2, 0.25) is 0 Å². The summed E-state index contributed by atoms with van der Waals surface area (Å²) in [4.78, 5) is 23.8. The number of para-hydroxylation sites is 1. The van der Waals surface area contributed by atoms with Crippen molar-refractivity contribution in [1.29, 1.82) is 0 Å². The van der Waals surface area contributed by atoms with Crippen LogP contribution in [0.5, 0.6) is 5.75 Å². The Hall–Kier alpha value is -1.84. The fraction of sp³-hybridized carbons (Fsp3) is 0.680. The normalized spacial score (nSPS) is 10.7. The minimum atomic E-state index is -0.235. The number of aryl methyl sites for hydroxylation is 1. The van der Waals surface area contributed by atoms with Gasteiger partial charge in [0.1, 0.15) is 5.75 Å². The van der Waals surface area contributed by atoms with Crippen LogP contribution in [0, 0.1) is 0 Å². The molecule has 4 nitrogen and oxygen atoms in total. The first-order valence-electron chi connectivity index (χ1n) is 11.6. The smallest absolute Gasteiger partial charge is 0.311 e. The average molecular weight is 405 g/mol. The Morgan fingerprint density at radius 3 is 2.03 bits per heavy atom. The molecule has 0 unspecified atom stereocenters. The molecule has 0 spiro atoms. The lowest BCUT2D eigenvalue weighted by molar-refractivity contribution is -0.144. The molecule has 0 radical (unpaired) electrons. The molecule has 0 heterocycles. The summed E-state index contributed by atoms with van der Waals surface area (Å²) in [5.41, 5.74) is 1.06. The Balaban J connectivity index is 2.02. The molecule has 29 heavy (non-hydrogen) atoms. The van der Waals surface area contributed by atoms with E-state index in [4.69, 9.17) is 9.47 Å². The van der Waals surface area contributed by atoms with Crippen molar-refractivity contribution in [3.8, 4) is 5.75 Å². The summed E-state index contributed by atoms with van der Waals surface area (Å²) >= 11 is 0. The van der Waals surface area contributed by atoms with Crippen LogP contribution in [0.25, 0.3) is 0 Å². The van der Waals surface area contributed by atoms with E-state index in [1.54, 1.807) is 0 Å². The van der Waals surface area contributed by atoms with Crippen LogP contribution in [0.3, 0.4) is 0 Å². The van der Waals surface area contributed by atoms with Gasteiger partial charge >= 0.3 is 11.9 Å². The zero-order valence-electron chi connectivity index (χ0n) is 18.5. The fourth-order valence-corrected chi connectivity index (χ4v) is 3.29. The highest BCUT2D eigenvalue weighted by Gasteiger charge is 2.09. The molecule has 1 rings (SSSR count). The third-order valence-electron chi connectivity index (χ3n) is 4.99. The van der Waals surface area contributed by atoms with Gasteiger partial charge in [-0.2, -0.15) is 0 Å². The zero-order valence-corrected chi connectivity index (χ0v) is 18.5. The van der Waals surface area contributed by atoms with Gasteiger partial charge in [-0.05, 0) is 37.3 Å². The van der Waals surface area contributed by atoms with Crippen LogP contribution in [-0.4, -0.2) is 18.5 Å². The number of carbonyl (C=O) groups excluding carboxylic acids is 2. The maximum absolute atomic E-state index is 12.0. The van der Waals surface area contributed by atoms with Gasteiger partial charge in [-0.3, -0.25) is 9.59 Å². The minimum Gasteiger partial charge on any atom is -0.466 e. The molecule has 0 aromatic heterocycles. The van der Waals surface area contributed by atoms with Gasteiger partial charge in [0.25, 0.3) is 0 Å². The van der Waals surface area contributed by atoms with Gasteiger partial charge in [0.05, 0.1) is 6.61 Å². The van der Waals surface area contributed by atoms with Crippen molar-refractivity contribution in [3.63, 3.8) is 0 Å². The number of ether oxygens (including phenoxy) is 2. The Morgan fingerprint density at radius 1 is 0.724 bits per heavy atom. The molecule has 0 aliphatic carbocycles. The molecule has 164 valence electrons. The minimum absolute atomic E-state index is 0.158. The summed E-state index contributed by atoms with van der Waals surface area (Å²) in [6, 6.07) is 7.67. The van der Waals surface area contributed by atoms with Gasteiger partial charge < -0.3 is 9.47 Å². The van der Waals surface area contributed by atoms with Crippen molar-refractivity contribution in [2.75, 3.05) is 6.61 Å². The van der Waals surface area contributed by atoms with Crippen LogP contribution < -0.4 is 4.74 Å². The topological polar surface area (TPSA) is 52.6 Å². The van der Waals surface area contributed by atoms with Gasteiger partial charge in [-0.15, -0.1) is 0 Å². The number of hydrogen-bond donors (Lipinski definition) is 0. The lowest BCUT2D eigenvalue weighted by atomic mass is 10.1. The first-order valence-corrected chi connectivity index (χ1v) is 11.6. The molecule has 1 aromatic carbocycles. The Morgan fingerprint density at radius 2 is 1.34 bits per heavy atom. The molecule has 0 saturated heterocycles. The molecular formula is C25H40O4. The van der Waals surface area contributed by atoms with Gasteiger partial charge in [-0.25, -0.2) is 0 Å². The van der Waals surface area contributed by atoms with E-state index < -0.39 is 0 Å². The second-order valence-corrected chi connectivity index (χ2v) is 7.73. The second-order valence-electron chi connectivity index (χ2n) is 7.73. The molecule has 0 amide bonds. The first kappa shape index (κ1) is 25.2. The standard InChI is InChI=1S/C25H40O4/c1-3-5-6-7-8-9-10-15-21-28-24(26)19-13-14-20-25(27)29-23-18-12-11-17-22(23)16-4-2/h11-12,17-18H,3-10,13-16,19-21H2,1-2H3. The predicted octanol–water partition coefficient (Wildman–Crippen LogP) is 6.79. The van der Waals surface area contributed by atoms with Crippen molar-refractivity contribution in [2.24, 2.45) is 0 Å². The molecule has 1 aromatic rings. The highest BCUT2D eigenvalue weighted by atomic mass is 16.5. The number of unbranched alkanes of at least 4 members (excludes halogenated alkanes) is 8. The number of benzene rings is 1. The largest absolute Gasteiger partial charge is 0.466 e. The molecule has 4 heteroatoms. The van der Waals surface area contributed by atoms with E-state index in [2.05, 4.69) is 13.8 Å². The molecule has 0 atom stereocenters. The van der Waals surface area contributed by atoms with E-state index in [-0.39, 0.29) is 11.9 Å². The van der Waals surface area contributed by atoms with Gasteiger partial charge in [0.15, 0.2) is 0 Å². The van der Waals surface area contributed by atoms with Crippen molar-refractivity contribution in [3.05, 3.63) is 29.8 Å². The molecule has 0 N–H and O–H groups in total. The maximum atomic E-state index is 12.0. The SMILES string of the molecule is CCCCCCCCCCOC(=O)CCCCC(=O)Oc1ccccc1CCC. The van der Waals surface area contributed by atoms with E-state index in [0.29, 0.717) is 38.0 Å². The average Bonchev–Trinajstić information content (AvgIpc) is 2.71. The third-order valence-corrected chi connectivity index (χ3v) is 4.99. The fourth-order valence-electron chi connectivity index (χ4n) is 3.29. The van der Waals surface area contributed by atoms with Crippen LogP contribution in [0.2, 0.25) is 0 Å². The summed E-state index contributed by atoms with van der Waals surface area (Å²) in [6.07, 6.45) is 13.8. The first-order chi connectivity index (χ1) is 14.2. The second kappa shape index (κ2) is 17.1. The summed E-state index contributed by atoms with van der Waals surface area (Å²) in [7, 11) is 0. The maximum Gasteiger partial charge on any atom is 0.311 e. The Kier molecular flexibility index (Phi) is 14.8. The van der Waals surface area contributed by atoms with Crippen LogP contribution >= 0.6 is 0 Å². The summed E-state index contributed by atoms with van der Waals surface area (Å²) in [5, 5.41) is 0. The third kappa shape index (κ3) is 13.1. The highest BCUT2D eigenvalue weighted by molar-refractivity contribution is 5.73. The Bertz CT molecular complexity index is 568. The summed E-state index contributed by atoms with van der Waals surface area (Å²) in [5.74, 6) is 0.264. The van der Waals surface area contributed by atoms with E-state index in [1.165, 1.54) is 38.5 Å². The summed E-state index contributed by atoms with van der Waals surface area (Å²) in [6.45, 7) is 4.85. The number of carbonyl (C=O) groups is 2. The van der Waals surface area contributed by atoms with Crippen LogP contribution in [0.15, 0.2) is 24.3 Å². The number of rotatable bonds is 17. The number of esters is 2. The van der Waals surface area contributed by atoms with E-state index in [0.717, 1.165) is 31.2 Å².